The minimum Gasteiger partial charge on any atom is -0.393 e. The molecule has 1 aliphatic carbocycles. The van der Waals surface area contributed by atoms with Crippen LogP contribution in [0.3, 0.4) is 0 Å². The number of aromatic nitrogens is 1. The quantitative estimate of drug-likeness (QED) is 0.829. The zero-order chi connectivity index (χ0) is 10.7. The van der Waals surface area contributed by atoms with Gasteiger partial charge < -0.3 is 10.4 Å². The monoisotopic (exact) mass is 226 g/mol. The molecule has 4 heteroatoms. The van der Waals surface area contributed by atoms with Crippen LogP contribution in [0, 0.1) is 0 Å². The van der Waals surface area contributed by atoms with E-state index in [2.05, 4.69) is 22.6 Å². The lowest BCUT2D eigenvalue weighted by Gasteiger charge is -2.28. The Hall–Kier alpha value is -0.450. The largest absolute Gasteiger partial charge is 0.393 e. The Morgan fingerprint density at radius 3 is 2.80 bits per heavy atom. The molecule has 0 bridgehead atoms. The molecule has 0 aromatic carbocycles. The van der Waals surface area contributed by atoms with Crippen molar-refractivity contribution in [3.8, 4) is 0 Å². The molecule has 1 aliphatic rings. The fourth-order valence-electron chi connectivity index (χ4n) is 2.12. The predicted molar refractivity (Wildman–Crippen MR) is 61.9 cm³/mol. The summed E-state index contributed by atoms with van der Waals surface area (Å²) in [6.45, 7) is 2.15. The molecule has 1 saturated carbocycles. The third-order valence-electron chi connectivity index (χ3n) is 3.08. The van der Waals surface area contributed by atoms with Crippen LogP contribution in [0.15, 0.2) is 10.9 Å². The summed E-state index contributed by atoms with van der Waals surface area (Å²) in [6.07, 6.45) is 3.95. The SMILES string of the molecule is CC(NC1CCC(O)CC1)c1cscn1. The molecule has 1 atom stereocenters. The van der Waals surface area contributed by atoms with E-state index in [9.17, 15) is 5.11 Å². The maximum absolute atomic E-state index is 9.41. The molecule has 3 nitrogen and oxygen atoms in total. The summed E-state index contributed by atoms with van der Waals surface area (Å²) in [5.41, 5.74) is 3.00. The first-order chi connectivity index (χ1) is 7.25. The number of aliphatic hydroxyl groups excluding tert-OH is 1. The van der Waals surface area contributed by atoms with Gasteiger partial charge in [0, 0.05) is 17.5 Å². The Labute approximate surface area is 94.5 Å². The first-order valence-corrected chi connectivity index (χ1v) is 6.52. The van der Waals surface area contributed by atoms with Crippen molar-refractivity contribution in [1.82, 2.24) is 10.3 Å². The van der Waals surface area contributed by atoms with Crippen LogP contribution in [0.25, 0.3) is 0 Å². The number of thiazole rings is 1. The Kier molecular flexibility index (Phi) is 3.72. The van der Waals surface area contributed by atoms with E-state index in [-0.39, 0.29) is 6.10 Å². The minimum absolute atomic E-state index is 0.0716. The van der Waals surface area contributed by atoms with Crippen LogP contribution < -0.4 is 5.32 Å². The fraction of sp³-hybridized carbons (Fsp3) is 0.727. The van der Waals surface area contributed by atoms with E-state index in [0.29, 0.717) is 12.1 Å². The standard InChI is InChI=1S/C11H18N2OS/c1-8(11-6-15-7-12-11)13-9-2-4-10(14)5-3-9/h6-10,13-14H,2-5H2,1H3. The van der Waals surface area contributed by atoms with Crippen molar-refractivity contribution < 1.29 is 5.11 Å². The highest BCUT2D eigenvalue weighted by atomic mass is 32.1. The van der Waals surface area contributed by atoms with Gasteiger partial charge in [0.15, 0.2) is 0 Å². The second-order valence-electron chi connectivity index (χ2n) is 4.31. The van der Waals surface area contributed by atoms with Crippen LogP contribution >= 0.6 is 11.3 Å². The Morgan fingerprint density at radius 2 is 2.20 bits per heavy atom. The molecule has 1 heterocycles. The molecule has 84 valence electrons. The Morgan fingerprint density at radius 1 is 1.47 bits per heavy atom. The van der Waals surface area contributed by atoms with Crippen LogP contribution in [0.2, 0.25) is 0 Å². The normalized spacial score (nSPS) is 28.9. The number of hydrogen-bond acceptors (Lipinski definition) is 4. The minimum atomic E-state index is -0.0716. The first kappa shape index (κ1) is 11.0. The lowest BCUT2D eigenvalue weighted by atomic mass is 9.92. The van der Waals surface area contributed by atoms with Gasteiger partial charge in [0.1, 0.15) is 0 Å². The second-order valence-corrected chi connectivity index (χ2v) is 5.03. The molecule has 15 heavy (non-hydrogen) atoms. The van der Waals surface area contributed by atoms with Crippen molar-refractivity contribution in [2.75, 3.05) is 0 Å². The molecule has 1 aromatic heterocycles. The van der Waals surface area contributed by atoms with E-state index in [1.165, 1.54) is 0 Å². The average Bonchev–Trinajstić information content (AvgIpc) is 2.74. The molecule has 1 fully saturated rings. The summed E-state index contributed by atoms with van der Waals surface area (Å²) < 4.78 is 0. The molecule has 1 aromatic rings. The number of nitrogens with one attached hydrogen (secondary N) is 1. The van der Waals surface area contributed by atoms with Crippen molar-refractivity contribution in [2.24, 2.45) is 0 Å². The molecule has 0 radical (unpaired) electrons. The van der Waals surface area contributed by atoms with Gasteiger partial charge in [0.05, 0.1) is 17.3 Å². The summed E-state index contributed by atoms with van der Waals surface area (Å²) in [5.74, 6) is 0. The highest BCUT2D eigenvalue weighted by Crippen LogP contribution is 2.21. The molecule has 0 spiro atoms. The van der Waals surface area contributed by atoms with E-state index in [4.69, 9.17) is 0 Å². The number of nitrogens with zero attached hydrogens (tertiary/aromatic N) is 1. The van der Waals surface area contributed by atoms with Gasteiger partial charge in [0.25, 0.3) is 0 Å². The number of rotatable bonds is 3. The van der Waals surface area contributed by atoms with Gasteiger partial charge in [-0.25, -0.2) is 4.98 Å². The van der Waals surface area contributed by atoms with Crippen LogP contribution in [-0.2, 0) is 0 Å². The van der Waals surface area contributed by atoms with E-state index in [1.807, 2.05) is 5.51 Å². The third-order valence-corrected chi connectivity index (χ3v) is 3.68. The Balaban J connectivity index is 1.82. The summed E-state index contributed by atoms with van der Waals surface area (Å²) in [5, 5.41) is 15.1. The second kappa shape index (κ2) is 5.05. The van der Waals surface area contributed by atoms with Crippen LogP contribution in [0.4, 0.5) is 0 Å². The number of aliphatic hydroxyl groups is 1. The molecular formula is C11H18N2OS. The summed E-state index contributed by atoms with van der Waals surface area (Å²) in [6, 6.07) is 0.876. The van der Waals surface area contributed by atoms with Gasteiger partial charge in [-0.1, -0.05) is 0 Å². The maximum Gasteiger partial charge on any atom is 0.0795 e. The first-order valence-electron chi connectivity index (χ1n) is 5.58. The van der Waals surface area contributed by atoms with Crippen LogP contribution in [-0.4, -0.2) is 22.2 Å². The third kappa shape index (κ3) is 3.00. The zero-order valence-electron chi connectivity index (χ0n) is 9.02. The van der Waals surface area contributed by atoms with Crippen molar-refractivity contribution in [2.45, 2.75) is 50.8 Å². The van der Waals surface area contributed by atoms with E-state index in [0.717, 1.165) is 31.4 Å². The molecule has 0 saturated heterocycles. The highest BCUT2D eigenvalue weighted by Gasteiger charge is 2.21. The molecule has 1 unspecified atom stereocenters. The molecule has 0 amide bonds. The van der Waals surface area contributed by atoms with E-state index < -0.39 is 0 Å². The number of hydrogen-bond donors (Lipinski definition) is 2. The molecular weight excluding hydrogens is 208 g/mol. The molecule has 2 N–H and O–H groups in total. The lowest BCUT2D eigenvalue weighted by Crippen LogP contribution is -2.36. The van der Waals surface area contributed by atoms with E-state index in [1.54, 1.807) is 11.3 Å². The maximum atomic E-state index is 9.41. The van der Waals surface area contributed by atoms with Crippen molar-refractivity contribution in [3.05, 3.63) is 16.6 Å². The molecule has 0 aliphatic heterocycles. The van der Waals surface area contributed by atoms with Gasteiger partial charge in [-0.3, -0.25) is 0 Å². The van der Waals surface area contributed by atoms with Gasteiger partial charge in [-0.05, 0) is 32.6 Å². The molecule has 2 rings (SSSR count). The zero-order valence-corrected chi connectivity index (χ0v) is 9.83. The van der Waals surface area contributed by atoms with Gasteiger partial charge in [-0.2, -0.15) is 0 Å². The summed E-state index contributed by atoms with van der Waals surface area (Å²) in [4.78, 5) is 4.30. The van der Waals surface area contributed by atoms with Crippen molar-refractivity contribution >= 4 is 11.3 Å². The van der Waals surface area contributed by atoms with Crippen molar-refractivity contribution in [3.63, 3.8) is 0 Å². The Bertz CT molecular complexity index is 281. The van der Waals surface area contributed by atoms with Gasteiger partial charge >= 0.3 is 0 Å². The van der Waals surface area contributed by atoms with Gasteiger partial charge in [0.2, 0.25) is 0 Å². The average molecular weight is 226 g/mol. The predicted octanol–water partition coefficient (Wildman–Crippen LogP) is 2.10. The summed E-state index contributed by atoms with van der Waals surface area (Å²) in [7, 11) is 0. The van der Waals surface area contributed by atoms with E-state index >= 15 is 0 Å². The lowest BCUT2D eigenvalue weighted by molar-refractivity contribution is 0.114. The summed E-state index contributed by atoms with van der Waals surface area (Å²) >= 11 is 1.64. The van der Waals surface area contributed by atoms with Crippen LogP contribution in [0.5, 0.6) is 0 Å². The van der Waals surface area contributed by atoms with Crippen LogP contribution in [0.1, 0.15) is 44.3 Å². The van der Waals surface area contributed by atoms with Gasteiger partial charge in [-0.15, -0.1) is 11.3 Å². The fourth-order valence-corrected chi connectivity index (χ4v) is 2.76. The van der Waals surface area contributed by atoms with Crippen molar-refractivity contribution in [1.29, 1.82) is 0 Å². The topological polar surface area (TPSA) is 45.1 Å². The highest BCUT2D eigenvalue weighted by molar-refractivity contribution is 7.07. The smallest absolute Gasteiger partial charge is 0.0795 e.